The number of nitrogens with one attached hydrogen (secondary N) is 3. The lowest BCUT2D eigenvalue weighted by atomic mass is 10.1. The maximum absolute atomic E-state index is 13.1. The Morgan fingerprint density at radius 2 is 2.00 bits per heavy atom. The largest absolute Gasteiger partial charge is 0.478 e. The van der Waals surface area contributed by atoms with Gasteiger partial charge in [-0.15, -0.1) is 0 Å². The van der Waals surface area contributed by atoms with Gasteiger partial charge in [0.05, 0.1) is 28.3 Å². The molecule has 4 N–H and O–H groups in total. The number of aromatic carboxylic acids is 1. The number of aromatic amines is 1. The molecule has 110 valence electrons. The Kier molecular flexibility index (Phi) is 3.88. The Balaban J connectivity index is 2.19. The number of carbonyl (C=O) groups is 2. The van der Waals surface area contributed by atoms with E-state index in [0.29, 0.717) is 17.1 Å². The first kappa shape index (κ1) is 14.5. The second-order valence-corrected chi connectivity index (χ2v) is 4.38. The molecule has 2 rings (SSSR count). The first-order valence-corrected chi connectivity index (χ1v) is 6.01. The van der Waals surface area contributed by atoms with Crippen molar-refractivity contribution in [2.24, 2.45) is 0 Å². The van der Waals surface area contributed by atoms with Crippen LogP contribution in [-0.2, 0) is 0 Å². The van der Waals surface area contributed by atoms with Gasteiger partial charge in [0.15, 0.2) is 0 Å². The molecule has 0 fully saturated rings. The number of hydrogen-bond acceptors (Lipinski definition) is 3. The third kappa shape index (κ3) is 3.16. The summed E-state index contributed by atoms with van der Waals surface area (Å²) in [6.07, 6.45) is 0. The summed E-state index contributed by atoms with van der Waals surface area (Å²) in [5.74, 6) is -2.03. The second-order valence-electron chi connectivity index (χ2n) is 4.38. The number of amides is 2. The van der Waals surface area contributed by atoms with Gasteiger partial charge in [-0.05, 0) is 32.0 Å². The van der Waals surface area contributed by atoms with E-state index in [0.717, 1.165) is 12.1 Å². The van der Waals surface area contributed by atoms with Gasteiger partial charge in [-0.25, -0.2) is 14.0 Å². The average molecular weight is 292 g/mol. The SMILES string of the molecule is Cc1n[nH]c(C)c1NC(=O)Nc1ccc(F)cc1C(=O)O. The lowest BCUT2D eigenvalue weighted by molar-refractivity contribution is 0.0697. The summed E-state index contributed by atoms with van der Waals surface area (Å²) in [5.41, 5.74) is 1.44. The average Bonchev–Trinajstić information content (AvgIpc) is 2.72. The van der Waals surface area contributed by atoms with Gasteiger partial charge in [0.1, 0.15) is 5.82 Å². The number of urea groups is 1. The highest BCUT2D eigenvalue weighted by atomic mass is 19.1. The number of benzene rings is 1. The molecule has 8 heteroatoms. The van der Waals surface area contributed by atoms with Crippen LogP contribution in [0.2, 0.25) is 0 Å². The Labute approximate surface area is 119 Å². The van der Waals surface area contributed by atoms with Crippen molar-refractivity contribution in [3.05, 3.63) is 41.0 Å². The molecular weight excluding hydrogens is 279 g/mol. The molecule has 0 saturated heterocycles. The van der Waals surface area contributed by atoms with Crippen LogP contribution in [0.25, 0.3) is 0 Å². The third-order valence-corrected chi connectivity index (χ3v) is 2.83. The normalized spacial score (nSPS) is 10.2. The first-order valence-electron chi connectivity index (χ1n) is 6.01. The molecule has 1 aromatic carbocycles. The zero-order chi connectivity index (χ0) is 15.6. The number of hydrogen-bond donors (Lipinski definition) is 4. The Hall–Kier alpha value is -2.90. The summed E-state index contributed by atoms with van der Waals surface area (Å²) in [4.78, 5) is 22.9. The minimum atomic E-state index is -1.33. The van der Waals surface area contributed by atoms with Crippen LogP contribution in [0, 0.1) is 19.7 Å². The van der Waals surface area contributed by atoms with Crippen molar-refractivity contribution in [2.75, 3.05) is 10.6 Å². The smallest absolute Gasteiger partial charge is 0.337 e. The van der Waals surface area contributed by atoms with Crippen LogP contribution in [0.5, 0.6) is 0 Å². The van der Waals surface area contributed by atoms with E-state index in [1.165, 1.54) is 6.07 Å². The van der Waals surface area contributed by atoms with Gasteiger partial charge in [-0.3, -0.25) is 5.10 Å². The number of anilines is 2. The molecule has 1 heterocycles. The van der Waals surface area contributed by atoms with Crippen molar-refractivity contribution >= 4 is 23.4 Å². The van der Waals surface area contributed by atoms with Crippen LogP contribution >= 0.6 is 0 Å². The molecule has 2 amide bonds. The fraction of sp³-hybridized carbons (Fsp3) is 0.154. The number of nitrogens with zero attached hydrogens (tertiary/aromatic N) is 1. The van der Waals surface area contributed by atoms with Gasteiger partial charge < -0.3 is 15.7 Å². The zero-order valence-corrected chi connectivity index (χ0v) is 11.3. The number of carbonyl (C=O) groups excluding carboxylic acids is 1. The van der Waals surface area contributed by atoms with Crippen molar-refractivity contribution in [2.45, 2.75) is 13.8 Å². The fourth-order valence-electron chi connectivity index (χ4n) is 1.80. The summed E-state index contributed by atoms with van der Waals surface area (Å²) in [7, 11) is 0. The molecule has 0 aliphatic carbocycles. The number of carboxylic acid groups (broad SMARTS) is 1. The van der Waals surface area contributed by atoms with Crippen LogP contribution < -0.4 is 10.6 Å². The quantitative estimate of drug-likeness (QED) is 0.697. The number of halogens is 1. The number of aryl methyl sites for hydroxylation is 2. The van der Waals surface area contributed by atoms with Gasteiger partial charge in [0.25, 0.3) is 0 Å². The van der Waals surface area contributed by atoms with Crippen LogP contribution in [0.4, 0.5) is 20.6 Å². The van der Waals surface area contributed by atoms with Gasteiger partial charge in [-0.2, -0.15) is 5.10 Å². The summed E-state index contributed by atoms with van der Waals surface area (Å²) in [6, 6.07) is 2.45. The van der Waals surface area contributed by atoms with E-state index in [9.17, 15) is 14.0 Å². The van der Waals surface area contributed by atoms with E-state index in [-0.39, 0.29) is 11.3 Å². The minimum absolute atomic E-state index is 0.000186. The van der Waals surface area contributed by atoms with E-state index in [2.05, 4.69) is 20.8 Å². The van der Waals surface area contributed by atoms with Crippen molar-refractivity contribution < 1.29 is 19.1 Å². The molecule has 7 nitrogen and oxygen atoms in total. The highest BCUT2D eigenvalue weighted by Crippen LogP contribution is 2.19. The van der Waals surface area contributed by atoms with Gasteiger partial charge >= 0.3 is 12.0 Å². The zero-order valence-electron chi connectivity index (χ0n) is 11.3. The van der Waals surface area contributed by atoms with E-state index in [1.54, 1.807) is 13.8 Å². The minimum Gasteiger partial charge on any atom is -0.478 e. The Bertz CT molecular complexity index is 692. The molecule has 0 unspecified atom stereocenters. The number of rotatable bonds is 3. The summed E-state index contributed by atoms with van der Waals surface area (Å²) in [6.45, 7) is 3.44. The van der Waals surface area contributed by atoms with Crippen molar-refractivity contribution in [1.82, 2.24) is 10.2 Å². The molecule has 0 radical (unpaired) electrons. The van der Waals surface area contributed by atoms with Gasteiger partial charge in [0.2, 0.25) is 0 Å². The summed E-state index contributed by atoms with van der Waals surface area (Å²) < 4.78 is 13.1. The standard InChI is InChI=1S/C13H13FN4O3/c1-6-11(7(2)18-17-6)16-13(21)15-10-4-3-8(14)5-9(10)12(19)20/h3-5H,1-2H3,(H,17,18)(H,19,20)(H2,15,16,21). The predicted octanol–water partition coefficient (Wildman–Crippen LogP) is 2.51. The van der Waals surface area contributed by atoms with Gasteiger partial charge in [-0.1, -0.05) is 0 Å². The van der Waals surface area contributed by atoms with Crippen LogP contribution in [0.1, 0.15) is 21.7 Å². The highest BCUT2D eigenvalue weighted by Gasteiger charge is 2.15. The maximum atomic E-state index is 13.1. The molecule has 0 aliphatic rings. The monoisotopic (exact) mass is 292 g/mol. The van der Waals surface area contributed by atoms with E-state index in [1.807, 2.05) is 0 Å². The molecular formula is C13H13FN4O3. The Morgan fingerprint density at radius 3 is 2.57 bits per heavy atom. The topological polar surface area (TPSA) is 107 Å². The van der Waals surface area contributed by atoms with E-state index >= 15 is 0 Å². The van der Waals surface area contributed by atoms with Crippen LogP contribution in [0.3, 0.4) is 0 Å². The first-order chi connectivity index (χ1) is 9.88. The van der Waals surface area contributed by atoms with Crippen LogP contribution in [-0.4, -0.2) is 27.3 Å². The molecule has 21 heavy (non-hydrogen) atoms. The lowest BCUT2D eigenvalue weighted by Crippen LogP contribution is -2.21. The predicted molar refractivity (Wildman–Crippen MR) is 74.1 cm³/mol. The Morgan fingerprint density at radius 1 is 1.29 bits per heavy atom. The lowest BCUT2D eigenvalue weighted by Gasteiger charge is -2.10. The molecule has 1 aromatic heterocycles. The molecule has 0 atom stereocenters. The molecule has 0 saturated carbocycles. The molecule has 0 bridgehead atoms. The van der Waals surface area contributed by atoms with E-state index < -0.39 is 17.8 Å². The number of H-pyrrole nitrogens is 1. The number of carboxylic acids is 1. The molecule has 2 aromatic rings. The van der Waals surface area contributed by atoms with Gasteiger partial charge in [0, 0.05) is 0 Å². The van der Waals surface area contributed by atoms with Crippen molar-refractivity contribution in [3.63, 3.8) is 0 Å². The highest BCUT2D eigenvalue weighted by molar-refractivity contribution is 6.05. The maximum Gasteiger partial charge on any atom is 0.337 e. The van der Waals surface area contributed by atoms with Crippen molar-refractivity contribution in [3.8, 4) is 0 Å². The summed E-state index contributed by atoms with van der Waals surface area (Å²) >= 11 is 0. The summed E-state index contributed by atoms with van der Waals surface area (Å²) in [5, 5.41) is 20.6. The third-order valence-electron chi connectivity index (χ3n) is 2.83. The molecule has 0 aliphatic heterocycles. The fourth-order valence-corrected chi connectivity index (χ4v) is 1.80. The number of aromatic nitrogens is 2. The molecule has 0 spiro atoms. The van der Waals surface area contributed by atoms with Crippen molar-refractivity contribution in [1.29, 1.82) is 0 Å². The van der Waals surface area contributed by atoms with E-state index in [4.69, 9.17) is 5.11 Å². The second kappa shape index (κ2) is 5.61. The van der Waals surface area contributed by atoms with Crippen LogP contribution in [0.15, 0.2) is 18.2 Å².